The summed E-state index contributed by atoms with van der Waals surface area (Å²) in [6.45, 7) is 0. The van der Waals surface area contributed by atoms with Crippen molar-refractivity contribution >= 4 is 5.82 Å². The summed E-state index contributed by atoms with van der Waals surface area (Å²) in [6.07, 6.45) is 2.59. The summed E-state index contributed by atoms with van der Waals surface area (Å²) in [4.78, 5) is 24.4. The minimum atomic E-state index is -0.591. The lowest BCUT2D eigenvalue weighted by atomic mass is 10.2. The van der Waals surface area contributed by atoms with Gasteiger partial charge in [0.05, 0.1) is 6.04 Å². The lowest BCUT2D eigenvalue weighted by molar-refractivity contribution is 0.198. The van der Waals surface area contributed by atoms with E-state index < -0.39 is 11.2 Å². The van der Waals surface area contributed by atoms with Crippen LogP contribution in [0.25, 0.3) is 0 Å². The molecule has 2 aromatic rings. The van der Waals surface area contributed by atoms with Gasteiger partial charge in [-0.15, -0.1) is 0 Å². The molecule has 0 aliphatic heterocycles. The van der Waals surface area contributed by atoms with E-state index in [9.17, 15) is 14.9 Å². The van der Waals surface area contributed by atoms with Gasteiger partial charge in [-0.3, -0.25) is 13.9 Å². The number of hydrogen-bond acceptors (Lipinski definition) is 5. The number of anilines is 1. The molecule has 0 bridgehead atoms. The monoisotopic (exact) mass is 340 g/mol. The maximum atomic E-state index is 12.2. The Hall–Kier alpha value is -3.01. The zero-order valence-corrected chi connectivity index (χ0v) is 14.2. The van der Waals surface area contributed by atoms with Crippen LogP contribution in [0.4, 0.5) is 5.82 Å². The number of ether oxygens (including phenoxy) is 1. The molecule has 2 atom stereocenters. The Kier molecular flexibility index (Phi) is 4.61. The fourth-order valence-electron chi connectivity index (χ4n) is 3.20. The first kappa shape index (κ1) is 16.8. The SMILES string of the molecule is Cn1c(N[C@H]2CCC[C@@H]2Oc2ccccc2)c(C#N)c(=O)n(C)c1=O. The molecule has 1 fully saturated rings. The van der Waals surface area contributed by atoms with Crippen molar-refractivity contribution in [3.63, 3.8) is 0 Å². The summed E-state index contributed by atoms with van der Waals surface area (Å²) >= 11 is 0. The molecule has 7 heteroatoms. The molecule has 3 rings (SSSR count). The predicted octanol–water partition coefficient (Wildman–Crippen LogP) is 1.37. The molecule has 1 aromatic heterocycles. The Bertz CT molecular complexity index is 924. The van der Waals surface area contributed by atoms with Gasteiger partial charge in [0.2, 0.25) is 0 Å². The minimum Gasteiger partial charge on any atom is -0.488 e. The van der Waals surface area contributed by atoms with Gasteiger partial charge < -0.3 is 10.1 Å². The average molecular weight is 340 g/mol. The first-order chi connectivity index (χ1) is 12.0. The Balaban J connectivity index is 1.90. The summed E-state index contributed by atoms with van der Waals surface area (Å²) in [5, 5.41) is 12.6. The van der Waals surface area contributed by atoms with E-state index in [-0.39, 0.29) is 23.5 Å². The number of hydrogen-bond donors (Lipinski definition) is 1. The number of nitriles is 1. The van der Waals surface area contributed by atoms with E-state index in [2.05, 4.69) is 5.32 Å². The van der Waals surface area contributed by atoms with Crippen molar-refractivity contribution in [1.29, 1.82) is 5.26 Å². The van der Waals surface area contributed by atoms with Crippen LogP contribution in [0.15, 0.2) is 39.9 Å². The number of para-hydroxylation sites is 1. The molecular formula is C18H20N4O3. The number of rotatable bonds is 4. The van der Waals surface area contributed by atoms with Crippen molar-refractivity contribution < 1.29 is 4.74 Å². The molecule has 0 amide bonds. The molecule has 130 valence electrons. The van der Waals surface area contributed by atoms with Crippen LogP contribution in [0.3, 0.4) is 0 Å². The van der Waals surface area contributed by atoms with Gasteiger partial charge in [-0.1, -0.05) is 18.2 Å². The van der Waals surface area contributed by atoms with Crippen molar-refractivity contribution in [2.75, 3.05) is 5.32 Å². The van der Waals surface area contributed by atoms with Gasteiger partial charge in [0, 0.05) is 14.1 Å². The van der Waals surface area contributed by atoms with E-state index in [4.69, 9.17) is 4.74 Å². The highest BCUT2D eigenvalue weighted by Crippen LogP contribution is 2.27. The summed E-state index contributed by atoms with van der Waals surface area (Å²) in [5.41, 5.74) is -1.12. The number of benzene rings is 1. The van der Waals surface area contributed by atoms with Crippen molar-refractivity contribution in [2.45, 2.75) is 31.4 Å². The van der Waals surface area contributed by atoms with Gasteiger partial charge >= 0.3 is 5.69 Å². The van der Waals surface area contributed by atoms with E-state index >= 15 is 0 Å². The summed E-state index contributed by atoms with van der Waals surface area (Å²) < 4.78 is 8.29. The molecule has 1 aliphatic carbocycles. The molecule has 1 aliphatic rings. The fourth-order valence-corrected chi connectivity index (χ4v) is 3.20. The van der Waals surface area contributed by atoms with Gasteiger partial charge in [-0.2, -0.15) is 5.26 Å². The molecule has 1 saturated carbocycles. The summed E-state index contributed by atoms with van der Waals surface area (Å²) in [5.74, 6) is 1.03. The average Bonchev–Trinajstić information content (AvgIpc) is 3.06. The first-order valence-electron chi connectivity index (χ1n) is 8.21. The van der Waals surface area contributed by atoms with Crippen LogP contribution in [0.2, 0.25) is 0 Å². The van der Waals surface area contributed by atoms with Crippen LogP contribution < -0.4 is 21.3 Å². The van der Waals surface area contributed by atoms with Crippen LogP contribution in [-0.4, -0.2) is 21.3 Å². The second-order valence-electron chi connectivity index (χ2n) is 6.19. The van der Waals surface area contributed by atoms with Crippen LogP contribution in [0.1, 0.15) is 24.8 Å². The molecule has 0 unspecified atom stereocenters. The molecule has 0 saturated heterocycles. The zero-order valence-electron chi connectivity index (χ0n) is 14.2. The molecule has 1 N–H and O–H groups in total. The standard InChI is InChI=1S/C18H20N4O3/c1-21-16(13(11-19)17(23)22(2)18(21)24)20-14-9-6-10-15(14)25-12-7-4-3-5-8-12/h3-5,7-8,14-15,20H,6,9-10H2,1-2H3/t14-,15-/m0/s1. The fraction of sp³-hybridized carbons (Fsp3) is 0.389. The third-order valence-electron chi connectivity index (χ3n) is 4.58. The van der Waals surface area contributed by atoms with E-state index in [0.717, 1.165) is 29.6 Å². The molecule has 1 heterocycles. The van der Waals surface area contributed by atoms with Crippen molar-refractivity contribution in [2.24, 2.45) is 14.1 Å². The molecular weight excluding hydrogens is 320 g/mol. The van der Waals surface area contributed by atoms with Crippen LogP contribution >= 0.6 is 0 Å². The lowest BCUT2D eigenvalue weighted by Gasteiger charge is -2.24. The van der Waals surface area contributed by atoms with Gasteiger partial charge in [0.25, 0.3) is 5.56 Å². The number of aromatic nitrogens is 2. The quantitative estimate of drug-likeness (QED) is 0.908. The lowest BCUT2D eigenvalue weighted by Crippen LogP contribution is -2.42. The van der Waals surface area contributed by atoms with Gasteiger partial charge in [-0.25, -0.2) is 4.79 Å². The molecule has 25 heavy (non-hydrogen) atoms. The maximum Gasteiger partial charge on any atom is 0.332 e. The summed E-state index contributed by atoms with van der Waals surface area (Å²) in [7, 11) is 2.92. The maximum absolute atomic E-state index is 12.2. The normalized spacial score (nSPS) is 19.4. The topological polar surface area (TPSA) is 89.1 Å². The molecule has 0 radical (unpaired) electrons. The van der Waals surface area contributed by atoms with Crippen molar-refractivity contribution in [3.05, 3.63) is 56.7 Å². The highest BCUT2D eigenvalue weighted by molar-refractivity contribution is 5.52. The summed E-state index contributed by atoms with van der Waals surface area (Å²) in [6, 6.07) is 11.4. The van der Waals surface area contributed by atoms with Crippen molar-refractivity contribution in [3.8, 4) is 11.8 Å². The van der Waals surface area contributed by atoms with Crippen LogP contribution in [0.5, 0.6) is 5.75 Å². The highest BCUT2D eigenvalue weighted by atomic mass is 16.5. The highest BCUT2D eigenvalue weighted by Gasteiger charge is 2.31. The van der Waals surface area contributed by atoms with E-state index in [0.29, 0.717) is 0 Å². The molecule has 7 nitrogen and oxygen atoms in total. The second-order valence-corrected chi connectivity index (χ2v) is 6.19. The minimum absolute atomic E-state index is 0.0602. The molecule has 1 aromatic carbocycles. The van der Waals surface area contributed by atoms with Gasteiger partial charge in [-0.05, 0) is 31.4 Å². The second kappa shape index (κ2) is 6.85. The third kappa shape index (κ3) is 3.15. The largest absolute Gasteiger partial charge is 0.488 e. The predicted molar refractivity (Wildman–Crippen MR) is 93.8 cm³/mol. The smallest absolute Gasteiger partial charge is 0.332 e. The van der Waals surface area contributed by atoms with Gasteiger partial charge in [0.1, 0.15) is 23.7 Å². The van der Waals surface area contributed by atoms with Crippen LogP contribution in [-0.2, 0) is 14.1 Å². The zero-order chi connectivity index (χ0) is 18.0. The number of nitrogens with zero attached hydrogens (tertiary/aromatic N) is 3. The van der Waals surface area contributed by atoms with E-state index in [1.54, 1.807) is 7.05 Å². The molecule has 0 spiro atoms. The van der Waals surface area contributed by atoms with Gasteiger partial charge in [0.15, 0.2) is 5.56 Å². The Labute approximate surface area is 145 Å². The van der Waals surface area contributed by atoms with Crippen molar-refractivity contribution in [1.82, 2.24) is 9.13 Å². The third-order valence-corrected chi connectivity index (χ3v) is 4.58. The van der Waals surface area contributed by atoms with E-state index in [1.165, 1.54) is 11.6 Å². The first-order valence-corrected chi connectivity index (χ1v) is 8.21. The Morgan fingerprint density at radius 2 is 1.88 bits per heavy atom. The Morgan fingerprint density at radius 1 is 1.16 bits per heavy atom. The Morgan fingerprint density at radius 3 is 2.56 bits per heavy atom. The van der Waals surface area contributed by atoms with E-state index in [1.807, 2.05) is 36.4 Å². The van der Waals surface area contributed by atoms with Crippen LogP contribution in [0, 0.1) is 11.3 Å². The number of nitrogens with one attached hydrogen (secondary N) is 1.